The molecule has 0 aliphatic heterocycles. The number of nitrogens with zero attached hydrogens (tertiary/aromatic N) is 3. The number of ether oxygens (including phenoxy) is 3. The van der Waals surface area contributed by atoms with Crippen LogP contribution in [0.5, 0.6) is 35.3 Å². The van der Waals surface area contributed by atoms with E-state index >= 15 is 0 Å². The van der Waals surface area contributed by atoms with Crippen LogP contribution in [0.1, 0.15) is 33.4 Å². The van der Waals surface area contributed by atoms with Crippen LogP contribution in [0.15, 0.2) is 164 Å². The van der Waals surface area contributed by atoms with Crippen molar-refractivity contribution in [3.63, 3.8) is 0 Å². The monoisotopic (exact) mass is 729 g/mol. The van der Waals surface area contributed by atoms with Gasteiger partial charge in [0.1, 0.15) is 17.2 Å². The molecule has 1 aromatic heterocycles. The van der Waals surface area contributed by atoms with Crippen LogP contribution < -0.4 is 14.2 Å². The summed E-state index contributed by atoms with van der Waals surface area (Å²) in [6.07, 6.45) is 0. The lowest BCUT2D eigenvalue weighted by molar-refractivity contribution is 0.362. The Balaban J connectivity index is 1.07. The van der Waals surface area contributed by atoms with Gasteiger partial charge in [0.05, 0.1) is 0 Å². The second kappa shape index (κ2) is 19.2. The quantitative estimate of drug-likeness (QED) is 0.159. The first-order chi connectivity index (χ1) is 28.2. The largest absolute Gasteiger partial charge is 0.424 e. The number of aromatic nitrogens is 3. The SMILES string of the molecule is C(C#Cc1ccc(Oc2nc(Oc3ccc(C#CC#Cc4ccccc4)cc3)nc(Oc3ccc(C#CC#Cc4ccccc4)cc3)n2)cc1)#Cc1ccccc1. The van der Waals surface area contributed by atoms with Crippen LogP contribution in [0.3, 0.4) is 0 Å². The third kappa shape index (κ3) is 11.8. The minimum Gasteiger partial charge on any atom is -0.424 e. The van der Waals surface area contributed by atoms with E-state index in [1.54, 1.807) is 36.4 Å². The van der Waals surface area contributed by atoms with Crippen molar-refractivity contribution in [1.29, 1.82) is 0 Å². The van der Waals surface area contributed by atoms with Gasteiger partial charge in [-0.05, 0) is 145 Å². The van der Waals surface area contributed by atoms with Gasteiger partial charge >= 0.3 is 18.0 Å². The Labute approximate surface area is 331 Å². The summed E-state index contributed by atoms with van der Waals surface area (Å²) in [5.41, 5.74) is 5.00. The first-order valence-electron chi connectivity index (χ1n) is 17.5. The molecule has 0 saturated carbocycles. The molecular formula is C51H27N3O3. The summed E-state index contributed by atoms with van der Waals surface area (Å²) in [6, 6.07) is 50.4. The predicted octanol–water partition coefficient (Wildman–Crippen LogP) is 9.46. The highest BCUT2D eigenvalue weighted by molar-refractivity contribution is 5.48. The van der Waals surface area contributed by atoms with Crippen molar-refractivity contribution in [2.75, 3.05) is 0 Å². The van der Waals surface area contributed by atoms with E-state index in [1.807, 2.05) is 127 Å². The van der Waals surface area contributed by atoms with E-state index in [0.717, 1.165) is 33.4 Å². The van der Waals surface area contributed by atoms with Gasteiger partial charge in [-0.25, -0.2) is 0 Å². The molecule has 0 spiro atoms. The second-order valence-electron chi connectivity index (χ2n) is 11.7. The summed E-state index contributed by atoms with van der Waals surface area (Å²) in [5, 5.41) is 0. The van der Waals surface area contributed by atoms with Crippen LogP contribution in [0.25, 0.3) is 0 Å². The first-order valence-corrected chi connectivity index (χ1v) is 17.5. The molecule has 6 heteroatoms. The van der Waals surface area contributed by atoms with Gasteiger partial charge < -0.3 is 14.2 Å². The number of hydrogen-bond acceptors (Lipinski definition) is 6. The number of hydrogen-bond donors (Lipinski definition) is 0. The Kier molecular flexibility index (Phi) is 12.3. The summed E-state index contributed by atoms with van der Waals surface area (Å²) in [6.45, 7) is 0. The molecule has 0 aliphatic rings. The van der Waals surface area contributed by atoms with E-state index < -0.39 is 0 Å². The molecule has 57 heavy (non-hydrogen) atoms. The molecule has 0 aliphatic carbocycles. The third-order valence-corrected chi connectivity index (χ3v) is 7.51. The van der Waals surface area contributed by atoms with Gasteiger partial charge in [-0.2, -0.15) is 0 Å². The Morgan fingerprint density at radius 1 is 0.246 bits per heavy atom. The molecule has 1 heterocycles. The normalized spacial score (nSPS) is 9.26. The highest BCUT2D eigenvalue weighted by Crippen LogP contribution is 2.27. The van der Waals surface area contributed by atoms with Crippen molar-refractivity contribution >= 4 is 0 Å². The van der Waals surface area contributed by atoms with Crippen LogP contribution in [-0.4, -0.2) is 15.0 Å². The van der Waals surface area contributed by atoms with Gasteiger partial charge in [0, 0.05) is 33.4 Å². The van der Waals surface area contributed by atoms with Crippen molar-refractivity contribution in [3.05, 3.63) is 197 Å². The Morgan fingerprint density at radius 3 is 0.684 bits per heavy atom. The van der Waals surface area contributed by atoms with Crippen molar-refractivity contribution in [3.8, 4) is 106 Å². The fraction of sp³-hybridized carbons (Fsp3) is 0. The lowest BCUT2D eigenvalue weighted by Gasteiger charge is -2.10. The zero-order valence-electron chi connectivity index (χ0n) is 30.2. The second-order valence-corrected chi connectivity index (χ2v) is 11.7. The minimum atomic E-state index is -0.0403. The smallest absolute Gasteiger partial charge is 0.331 e. The molecular weight excluding hydrogens is 703 g/mol. The Bertz CT molecular complexity index is 2530. The average molecular weight is 730 g/mol. The Hall–Kier alpha value is -8.91. The van der Waals surface area contributed by atoms with Crippen LogP contribution in [0.4, 0.5) is 0 Å². The molecule has 6 nitrogen and oxygen atoms in total. The van der Waals surface area contributed by atoms with E-state index in [1.165, 1.54) is 0 Å². The van der Waals surface area contributed by atoms with E-state index in [2.05, 4.69) is 86.0 Å². The third-order valence-electron chi connectivity index (χ3n) is 7.51. The zero-order valence-corrected chi connectivity index (χ0v) is 30.2. The van der Waals surface area contributed by atoms with Gasteiger partial charge in [-0.15, -0.1) is 15.0 Å². The molecule has 0 saturated heterocycles. The zero-order chi connectivity index (χ0) is 38.7. The van der Waals surface area contributed by atoms with Gasteiger partial charge in [0.25, 0.3) is 0 Å². The van der Waals surface area contributed by atoms with Crippen LogP contribution in [-0.2, 0) is 0 Å². The molecule has 0 atom stereocenters. The molecule has 6 aromatic carbocycles. The summed E-state index contributed by atoms with van der Waals surface area (Å²) in [5.74, 6) is 36.9. The van der Waals surface area contributed by atoms with Crippen LogP contribution >= 0.6 is 0 Å². The van der Waals surface area contributed by atoms with Crippen LogP contribution in [0, 0.1) is 71.0 Å². The Morgan fingerprint density at radius 2 is 0.456 bits per heavy atom. The topological polar surface area (TPSA) is 66.4 Å². The highest BCUT2D eigenvalue weighted by Gasteiger charge is 2.13. The van der Waals surface area contributed by atoms with Crippen molar-refractivity contribution < 1.29 is 14.2 Å². The van der Waals surface area contributed by atoms with Gasteiger partial charge in [0.2, 0.25) is 0 Å². The highest BCUT2D eigenvalue weighted by atomic mass is 16.5. The minimum absolute atomic E-state index is 0.0403. The molecule has 264 valence electrons. The van der Waals surface area contributed by atoms with Gasteiger partial charge in [-0.1, -0.05) is 90.1 Å². The van der Waals surface area contributed by atoms with Crippen molar-refractivity contribution in [1.82, 2.24) is 15.0 Å². The number of benzene rings is 6. The van der Waals surface area contributed by atoms with Gasteiger partial charge in [0.15, 0.2) is 0 Å². The van der Waals surface area contributed by atoms with E-state index in [9.17, 15) is 0 Å². The fourth-order valence-electron chi connectivity index (χ4n) is 4.78. The summed E-state index contributed by atoms with van der Waals surface area (Å²) in [4.78, 5) is 13.2. The molecule has 7 aromatic rings. The average Bonchev–Trinajstić information content (AvgIpc) is 3.25. The van der Waals surface area contributed by atoms with Crippen molar-refractivity contribution in [2.24, 2.45) is 0 Å². The fourth-order valence-corrected chi connectivity index (χ4v) is 4.78. The molecule has 0 bridgehead atoms. The lowest BCUT2D eigenvalue weighted by Crippen LogP contribution is -2.01. The summed E-state index contributed by atoms with van der Waals surface area (Å²) in [7, 11) is 0. The van der Waals surface area contributed by atoms with Crippen LogP contribution in [0.2, 0.25) is 0 Å². The maximum absolute atomic E-state index is 6.02. The lowest BCUT2D eigenvalue weighted by atomic mass is 10.2. The standard InChI is InChI=1S/C51H27N3O3/c1-4-16-40(17-5-1)22-10-13-25-43-28-34-46(35-29-43)55-49-52-50(56-47-36-30-44(31-37-47)26-14-11-23-41-18-6-2-7-19-41)54-51(53-49)57-48-38-32-45(33-39-48)27-15-12-24-42-20-8-3-9-21-42/h1-9,16-21,28-39H. The summed E-state index contributed by atoms with van der Waals surface area (Å²) < 4.78 is 18.1. The molecule has 7 rings (SSSR count). The predicted molar refractivity (Wildman–Crippen MR) is 220 cm³/mol. The molecule has 0 fully saturated rings. The molecule has 0 radical (unpaired) electrons. The van der Waals surface area contributed by atoms with E-state index in [0.29, 0.717) is 17.2 Å². The van der Waals surface area contributed by atoms with Crippen molar-refractivity contribution in [2.45, 2.75) is 0 Å². The maximum Gasteiger partial charge on any atom is 0.331 e. The van der Waals surface area contributed by atoms with E-state index in [-0.39, 0.29) is 18.0 Å². The van der Waals surface area contributed by atoms with E-state index in [4.69, 9.17) is 14.2 Å². The first kappa shape index (κ1) is 36.4. The van der Waals surface area contributed by atoms with Gasteiger partial charge in [-0.3, -0.25) is 0 Å². The maximum atomic E-state index is 6.02. The molecule has 0 unspecified atom stereocenters. The number of rotatable bonds is 6. The molecule has 0 amide bonds. The summed E-state index contributed by atoms with van der Waals surface area (Å²) >= 11 is 0. The molecule has 0 N–H and O–H groups in total.